The van der Waals surface area contributed by atoms with Crippen molar-refractivity contribution in [2.45, 2.75) is 6.10 Å². The van der Waals surface area contributed by atoms with E-state index in [0.717, 1.165) is 0 Å². The lowest BCUT2D eigenvalue weighted by Gasteiger charge is -2.36. The van der Waals surface area contributed by atoms with Gasteiger partial charge in [0.05, 0.1) is 16.7 Å². The molecular weight excluding hydrogens is 202 g/mol. The third-order valence-corrected chi connectivity index (χ3v) is 2.58. The molecular formula is C10H10ClNO2. The minimum Gasteiger partial charge on any atom is -0.389 e. The monoisotopic (exact) mass is 211 g/mol. The van der Waals surface area contributed by atoms with E-state index in [0.29, 0.717) is 23.7 Å². The summed E-state index contributed by atoms with van der Waals surface area (Å²) in [6, 6.07) is 6.93. The predicted octanol–water partition coefficient (Wildman–Crippen LogP) is 1.16. The Balaban J connectivity index is 2.16. The van der Waals surface area contributed by atoms with Crippen LogP contribution >= 0.6 is 11.6 Å². The average Bonchev–Trinajstić information content (AvgIpc) is 2.13. The number of likely N-dealkylation sites (tertiary alicyclic amines) is 1. The van der Waals surface area contributed by atoms with Gasteiger partial charge in [-0.2, -0.15) is 0 Å². The molecule has 1 aliphatic rings. The van der Waals surface area contributed by atoms with Gasteiger partial charge in [0.25, 0.3) is 5.91 Å². The van der Waals surface area contributed by atoms with Crippen molar-refractivity contribution >= 4 is 17.5 Å². The molecule has 0 aliphatic carbocycles. The molecule has 2 rings (SSSR count). The summed E-state index contributed by atoms with van der Waals surface area (Å²) in [5.74, 6) is -0.110. The van der Waals surface area contributed by atoms with Crippen LogP contribution in [0.2, 0.25) is 5.02 Å². The highest BCUT2D eigenvalue weighted by atomic mass is 35.5. The molecule has 1 aromatic rings. The van der Waals surface area contributed by atoms with E-state index >= 15 is 0 Å². The third-order valence-electron chi connectivity index (χ3n) is 2.25. The zero-order valence-corrected chi connectivity index (χ0v) is 8.24. The number of halogens is 1. The molecule has 0 atom stereocenters. The maximum absolute atomic E-state index is 11.7. The van der Waals surface area contributed by atoms with E-state index in [9.17, 15) is 4.79 Å². The molecule has 0 spiro atoms. The van der Waals surface area contributed by atoms with Gasteiger partial charge in [-0.15, -0.1) is 0 Å². The van der Waals surface area contributed by atoms with E-state index in [1.54, 1.807) is 29.2 Å². The molecule has 1 fully saturated rings. The zero-order chi connectivity index (χ0) is 10.1. The van der Waals surface area contributed by atoms with Gasteiger partial charge in [0, 0.05) is 13.1 Å². The molecule has 0 saturated carbocycles. The molecule has 0 bridgehead atoms. The van der Waals surface area contributed by atoms with E-state index in [2.05, 4.69) is 0 Å². The van der Waals surface area contributed by atoms with Gasteiger partial charge in [0.2, 0.25) is 0 Å². The molecule has 4 heteroatoms. The Hall–Kier alpha value is -1.06. The van der Waals surface area contributed by atoms with Crippen molar-refractivity contribution in [2.75, 3.05) is 13.1 Å². The molecule has 14 heavy (non-hydrogen) atoms. The second-order valence-corrected chi connectivity index (χ2v) is 3.75. The summed E-state index contributed by atoms with van der Waals surface area (Å²) in [4.78, 5) is 13.3. The number of benzene rings is 1. The topological polar surface area (TPSA) is 40.5 Å². The Morgan fingerprint density at radius 1 is 1.43 bits per heavy atom. The molecule has 3 nitrogen and oxygen atoms in total. The Labute approximate surface area is 86.9 Å². The van der Waals surface area contributed by atoms with Crippen LogP contribution in [-0.2, 0) is 0 Å². The molecule has 1 amide bonds. The Morgan fingerprint density at radius 3 is 2.64 bits per heavy atom. The highest BCUT2D eigenvalue weighted by molar-refractivity contribution is 6.33. The maximum Gasteiger partial charge on any atom is 0.255 e. The molecule has 0 radical (unpaired) electrons. The van der Waals surface area contributed by atoms with E-state index in [4.69, 9.17) is 16.7 Å². The second kappa shape index (κ2) is 3.59. The number of carbonyl (C=O) groups is 1. The van der Waals surface area contributed by atoms with Crippen LogP contribution in [0.5, 0.6) is 0 Å². The summed E-state index contributed by atoms with van der Waals surface area (Å²) in [6.45, 7) is 0.814. The van der Waals surface area contributed by atoms with Crippen LogP contribution in [0.1, 0.15) is 10.4 Å². The molecule has 1 aliphatic heterocycles. The number of hydrogen-bond donors (Lipinski definition) is 1. The minimum atomic E-state index is -0.374. The van der Waals surface area contributed by atoms with Gasteiger partial charge in [0.15, 0.2) is 0 Å². The van der Waals surface area contributed by atoms with Crippen LogP contribution < -0.4 is 0 Å². The fourth-order valence-electron chi connectivity index (χ4n) is 1.43. The lowest BCUT2D eigenvalue weighted by Crippen LogP contribution is -2.53. The number of carbonyl (C=O) groups excluding carboxylic acids is 1. The zero-order valence-electron chi connectivity index (χ0n) is 7.48. The third kappa shape index (κ3) is 1.61. The number of rotatable bonds is 1. The Bertz CT molecular complexity index is 361. The van der Waals surface area contributed by atoms with Gasteiger partial charge in [-0.05, 0) is 12.1 Å². The van der Waals surface area contributed by atoms with Crippen molar-refractivity contribution in [1.29, 1.82) is 0 Å². The number of amides is 1. The Morgan fingerprint density at radius 2 is 2.07 bits per heavy atom. The van der Waals surface area contributed by atoms with Crippen molar-refractivity contribution in [3.05, 3.63) is 34.9 Å². The van der Waals surface area contributed by atoms with E-state index < -0.39 is 0 Å². The minimum absolute atomic E-state index is 0.110. The van der Waals surface area contributed by atoms with Crippen LogP contribution in [0.15, 0.2) is 24.3 Å². The largest absolute Gasteiger partial charge is 0.389 e. The quantitative estimate of drug-likeness (QED) is 0.757. The highest BCUT2D eigenvalue weighted by Crippen LogP contribution is 2.19. The van der Waals surface area contributed by atoms with Crippen LogP contribution in [0.4, 0.5) is 0 Å². The van der Waals surface area contributed by atoms with Crippen LogP contribution in [0, 0.1) is 0 Å². The lowest BCUT2D eigenvalue weighted by atomic mass is 10.1. The van der Waals surface area contributed by atoms with Crippen molar-refractivity contribution < 1.29 is 9.90 Å². The van der Waals surface area contributed by atoms with E-state index in [1.807, 2.05) is 0 Å². The average molecular weight is 212 g/mol. The standard InChI is InChI=1S/C10H10ClNO2/c11-9-4-2-1-3-8(9)10(14)12-5-7(13)6-12/h1-4,7,13H,5-6H2. The molecule has 1 saturated heterocycles. The summed E-state index contributed by atoms with van der Waals surface area (Å²) in [5, 5.41) is 9.51. The van der Waals surface area contributed by atoms with Crippen molar-refractivity contribution in [1.82, 2.24) is 4.90 Å². The molecule has 0 unspecified atom stereocenters. The molecule has 1 heterocycles. The van der Waals surface area contributed by atoms with Gasteiger partial charge in [-0.3, -0.25) is 4.79 Å². The summed E-state index contributed by atoms with van der Waals surface area (Å²) in [5.41, 5.74) is 0.501. The summed E-state index contributed by atoms with van der Waals surface area (Å²) < 4.78 is 0. The van der Waals surface area contributed by atoms with Gasteiger partial charge in [0.1, 0.15) is 0 Å². The van der Waals surface area contributed by atoms with E-state index in [1.165, 1.54) is 0 Å². The van der Waals surface area contributed by atoms with Gasteiger partial charge in [-0.25, -0.2) is 0 Å². The van der Waals surface area contributed by atoms with Crippen molar-refractivity contribution in [3.63, 3.8) is 0 Å². The number of β-amino-alcohol motifs (C(OH)–C–C–N with tert-alkyl or cyclic N) is 1. The van der Waals surface area contributed by atoms with Crippen molar-refractivity contribution in [3.8, 4) is 0 Å². The molecule has 1 N–H and O–H groups in total. The number of aliphatic hydroxyl groups excluding tert-OH is 1. The summed E-state index contributed by atoms with van der Waals surface area (Å²) in [7, 11) is 0. The summed E-state index contributed by atoms with van der Waals surface area (Å²) >= 11 is 5.87. The first-order valence-corrected chi connectivity index (χ1v) is 4.78. The van der Waals surface area contributed by atoms with Crippen LogP contribution in [0.3, 0.4) is 0 Å². The van der Waals surface area contributed by atoms with Crippen molar-refractivity contribution in [2.24, 2.45) is 0 Å². The first kappa shape index (κ1) is 9.49. The smallest absolute Gasteiger partial charge is 0.255 e. The number of nitrogens with zero attached hydrogens (tertiary/aromatic N) is 1. The fourth-order valence-corrected chi connectivity index (χ4v) is 1.64. The van der Waals surface area contributed by atoms with Gasteiger partial charge >= 0.3 is 0 Å². The number of aliphatic hydroxyl groups is 1. The first-order valence-electron chi connectivity index (χ1n) is 4.40. The fraction of sp³-hybridized carbons (Fsp3) is 0.300. The molecule has 0 aromatic heterocycles. The second-order valence-electron chi connectivity index (χ2n) is 3.34. The predicted molar refractivity (Wildman–Crippen MR) is 53.4 cm³/mol. The molecule has 74 valence electrons. The van der Waals surface area contributed by atoms with Gasteiger partial charge < -0.3 is 10.0 Å². The molecule has 1 aromatic carbocycles. The summed E-state index contributed by atoms with van der Waals surface area (Å²) in [6.07, 6.45) is -0.374. The van der Waals surface area contributed by atoms with E-state index in [-0.39, 0.29) is 12.0 Å². The normalized spacial score (nSPS) is 16.6. The van der Waals surface area contributed by atoms with Crippen LogP contribution in [-0.4, -0.2) is 35.1 Å². The lowest BCUT2D eigenvalue weighted by molar-refractivity contribution is 0.00590. The van der Waals surface area contributed by atoms with Gasteiger partial charge in [-0.1, -0.05) is 23.7 Å². The number of hydrogen-bond acceptors (Lipinski definition) is 2. The Kier molecular flexibility index (Phi) is 2.44. The SMILES string of the molecule is O=C(c1ccccc1Cl)N1CC(O)C1. The van der Waals surface area contributed by atoms with Crippen LogP contribution in [0.25, 0.3) is 0 Å². The maximum atomic E-state index is 11.7. The highest BCUT2D eigenvalue weighted by Gasteiger charge is 2.30. The first-order chi connectivity index (χ1) is 6.68.